The van der Waals surface area contributed by atoms with E-state index in [0.717, 1.165) is 32.4 Å². The van der Waals surface area contributed by atoms with Gasteiger partial charge in [0.25, 0.3) is 0 Å². The molecule has 2 aromatic carbocycles. The molecule has 0 N–H and O–H groups in total. The van der Waals surface area contributed by atoms with E-state index in [-0.39, 0.29) is 11.6 Å². The van der Waals surface area contributed by atoms with Crippen LogP contribution >= 0.6 is 0 Å². The molecule has 4 rings (SSSR count). The first-order chi connectivity index (χ1) is 15.5. The number of anilines is 1. The van der Waals surface area contributed by atoms with Gasteiger partial charge in [-0.3, -0.25) is 10.1 Å². The largest absolute Gasteiger partial charge is 0.434 e. The number of piperidine rings is 1. The average Bonchev–Trinajstić information content (AvgIpc) is 2.80. The molecule has 0 spiro atoms. The Morgan fingerprint density at radius 3 is 2.38 bits per heavy atom. The molecule has 0 bridgehead atoms. The number of benzene rings is 2. The Labute approximate surface area is 188 Å². The first-order valence-electron chi connectivity index (χ1n) is 11.1. The number of aromatic nitrogens is 2. The highest BCUT2D eigenvalue weighted by molar-refractivity contribution is 5.63. The number of nitrogens with zero attached hydrogens (tertiary/aromatic N) is 4. The van der Waals surface area contributed by atoms with E-state index in [1.54, 1.807) is 0 Å². The second kappa shape index (κ2) is 9.77. The fourth-order valence-electron chi connectivity index (χ4n) is 4.15. The van der Waals surface area contributed by atoms with Gasteiger partial charge in [0.1, 0.15) is 12.1 Å². The summed E-state index contributed by atoms with van der Waals surface area (Å²) in [4.78, 5) is 21.8. The van der Waals surface area contributed by atoms with Gasteiger partial charge in [-0.15, -0.1) is 0 Å². The van der Waals surface area contributed by atoms with E-state index in [4.69, 9.17) is 4.74 Å². The van der Waals surface area contributed by atoms with Crippen LogP contribution in [0.15, 0.2) is 60.9 Å². The van der Waals surface area contributed by atoms with Gasteiger partial charge in [0.2, 0.25) is 5.82 Å². The van der Waals surface area contributed by atoms with Crippen LogP contribution < -0.4 is 9.64 Å². The third-order valence-electron chi connectivity index (χ3n) is 5.99. The molecule has 0 atom stereocenters. The standard InChI is InChI=1S/C25H28N4O3/c1-18(2)21-8-10-22(11-9-21)32-25-23(29(30)31)24(26-17-27-25)28-14-12-20(13-15-28)16-19-6-4-3-5-7-19/h3-11,17-18,20H,12-16H2,1-2H3. The molecule has 1 fully saturated rings. The van der Waals surface area contributed by atoms with Crippen molar-refractivity contribution in [3.8, 4) is 11.6 Å². The van der Waals surface area contributed by atoms with Crippen LogP contribution in [0.5, 0.6) is 11.6 Å². The molecule has 1 aromatic heterocycles. The van der Waals surface area contributed by atoms with E-state index < -0.39 is 4.92 Å². The molecule has 0 aliphatic carbocycles. The zero-order valence-corrected chi connectivity index (χ0v) is 18.5. The van der Waals surface area contributed by atoms with E-state index in [1.165, 1.54) is 17.5 Å². The third-order valence-corrected chi connectivity index (χ3v) is 5.99. The van der Waals surface area contributed by atoms with Gasteiger partial charge in [-0.1, -0.05) is 56.3 Å². The molecule has 3 aromatic rings. The fourth-order valence-corrected chi connectivity index (χ4v) is 4.15. The van der Waals surface area contributed by atoms with Gasteiger partial charge in [0.15, 0.2) is 0 Å². The normalized spacial score (nSPS) is 14.5. The summed E-state index contributed by atoms with van der Waals surface area (Å²) in [5.41, 5.74) is 2.33. The van der Waals surface area contributed by atoms with Crippen molar-refractivity contribution in [1.82, 2.24) is 9.97 Å². The molecule has 0 radical (unpaired) electrons. The van der Waals surface area contributed by atoms with Crippen molar-refractivity contribution in [1.29, 1.82) is 0 Å². The second-order valence-corrected chi connectivity index (χ2v) is 8.55. The highest BCUT2D eigenvalue weighted by Gasteiger charge is 2.31. The van der Waals surface area contributed by atoms with Crippen molar-refractivity contribution in [3.05, 3.63) is 82.2 Å². The minimum absolute atomic E-state index is 0.0243. The first-order valence-corrected chi connectivity index (χ1v) is 11.1. The molecule has 7 heteroatoms. The number of hydrogen-bond acceptors (Lipinski definition) is 6. The average molecular weight is 433 g/mol. The molecule has 0 amide bonds. The van der Waals surface area contributed by atoms with Crippen molar-refractivity contribution in [2.75, 3.05) is 18.0 Å². The lowest BCUT2D eigenvalue weighted by molar-refractivity contribution is -0.385. The lowest BCUT2D eigenvalue weighted by Crippen LogP contribution is -2.35. The van der Waals surface area contributed by atoms with Crippen LogP contribution in [0, 0.1) is 16.0 Å². The summed E-state index contributed by atoms with van der Waals surface area (Å²) in [6.45, 7) is 5.66. The summed E-state index contributed by atoms with van der Waals surface area (Å²) in [6.07, 6.45) is 4.29. The van der Waals surface area contributed by atoms with E-state index in [0.29, 0.717) is 23.4 Å². The lowest BCUT2D eigenvalue weighted by Gasteiger charge is -2.32. The van der Waals surface area contributed by atoms with E-state index in [9.17, 15) is 10.1 Å². The Hall–Kier alpha value is -3.48. The van der Waals surface area contributed by atoms with Gasteiger partial charge >= 0.3 is 11.6 Å². The topological polar surface area (TPSA) is 81.4 Å². The molecular weight excluding hydrogens is 404 g/mol. The van der Waals surface area contributed by atoms with Gasteiger partial charge in [-0.2, -0.15) is 4.98 Å². The van der Waals surface area contributed by atoms with E-state index in [2.05, 4.69) is 48.1 Å². The summed E-state index contributed by atoms with van der Waals surface area (Å²) < 4.78 is 5.82. The van der Waals surface area contributed by atoms with Crippen LogP contribution in [0.25, 0.3) is 0 Å². The highest BCUT2D eigenvalue weighted by atomic mass is 16.6. The predicted octanol–water partition coefficient (Wildman–Crippen LogP) is 5.76. The van der Waals surface area contributed by atoms with E-state index in [1.807, 2.05) is 35.2 Å². The molecular formula is C25H28N4O3. The molecule has 1 aliphatic rings. The molecule has 0 unspecified atom stereocenters. The van der Waals surface area contributed by atoms with Gasteiger partial charge in [0.05, 0.1) is 4.92 Å². The van der Waals surface area contributed by atoms with Crippen LogP contribution in [-0.4, -0.2) is 28.0 Å². The van der Waals surface area contributed by atoms with Crippen molar-refractivity contribution in [2.24, 2.45) is 5.92 Å². The number of ether oxygens (including phenoxy) is 1. The zero-order chi connectivity index (χ0) is 22.5. The van der Waals surface area contributed by atoms with Gasteiger partial charge < -0.3 is 9.64 Å². The van der Waals surface area contributed by atoms with Crippen molar-refractivity contribution < 1.29 is 9.66 Å². The smallest absolute Gasteiger partial charge is 0.373 e. The quantitative estimate of drug-likeness (QED) is 0.349. The number of nitro groups is 1. The number of hydrogen-bond donors (Lipinski definition) is 0. The molecule has 1 saturated heterocycles. The fraction of sp³-hybridized carbons (Fsp3) is 0.360. The van der Waals surface area contributed by atoms with Gasteiger partial charge in [-0.05, 0) is 54.4 Å². The molecule has 0 saturated carbocycles. The van der Waals surface area contributed by atoms with Crippen LogP contribution in [0.4, 0.5) is 11.5 Å². The lowest BCUT2D eigenvalue weighted by atomic mass is 9.90. The van der Waals surface area contributed by atoms with Crippen molar-refractivity contribution in [3.63, 3.8) is 0 Å². The summed E-state index contributed by atoms with van der Waals surface area (Å²) in [7, 11) is 0. The van der Waals surface area contributed by atoms with Gasteiger partial charge in [-0.25, -0.2) is 4.98 Å². The maximum atomic E-state index is 11.9. The second-order valence-electron chi connectivity index (χ2n) is 8.55. The predicted molar refractivity (Wildman–Crippen MR) is 124 cm³/mol. The molecule has 1 aliphatic heterocycles. The maximum absolute atomic E-state index is 11.9. The Morgan fingerprint density at radius 1 is 1.06 bits per heavy atom. The molecule has 2 heterocycles. The van der Waals surface area contributed by atoms with Crippen LogP contribution in [0.1, 0.15) is 43.7 Å². The molecule has 32 heavy (non-hydrogen) atoms. The Balaban J connectivity index is 1.49. The Bertz CT molecular complexity index is 1050. The first kappa shape index (κ1) is 21.7. The van der Waals surface area contributed by atoms with Gasteiger partial charge in [0, 0.05) is 13.1 Å². The SMILES string of the molecule is CC(C)c1ccc(Oc2ncnc(N3CCC(Cc4ccccc4)CC3)c2[N+](=O)[O-])cc1. The maximum Gasteiger partial charge on any atom is 0.373 e. The molecule has 166 valence electrons. The van der Waals surface area contributed by atoms with Crippen LogP contribution in [-0.2, 0) is 6.42 Å². The monoisotopic (exact) mass is 432 g/mol. The van der Waals surface area contributed by atoms with Crippen molar-refractivity contribution >= 4 is 11.5 Å². The minimum atomic E-state index is -0.441. The highest BCUT2D eigenvalue weighted by Crippen LogP contribution is 2.38. The Morgan fingerprint density at radius 2 is 1.75 bits per heavy atom. The third kappa shape index (κ3) is 5.04. The summed E-state index contributed by atoms with van der Waals surface area (Å²) >= 11 is 0. The van der Waals surface area contributed by atoms with E-state index >= 15 is 0 Å². The zero-order valence-electron chi connectivity index (χ0n) is 18.5. The molecule has 7 nitrogen and oxygen atoms in total. The van der Waals surface area contributed by atoms with Crippen molar-refractivity contribution in [2.45, 2.75) is 39.0 Å². The summed E-state index contributed by atoms with van der Waals surface area (Å²) in [5, 5.41) is 11.9. The van der Waals surface area contributed by atoms with Crippen LogP contribution in [0.3, 0.4) is 0 Å². The number of rotatable bonds is 7. The Kier molecular flexibility index (Phi) is 6.63. The van der Waals surface area contributed by atoms with Crippen LogP contribution in [0.2, 0.25) is 0 Å². The minimum Gasteiger partial charge on any atom is -0.434 e. The summed E-state index contributed by atoms with van der Waals surface area (Å²) in [5.74, 6) is 1.78. The summed E-state index contributed by atoms with van der Waals surface area (Å²) in [6, 6.07) is 18.0.